The zero-order valence-corrected chi connectivity index (χ0v) is 20.3. The molecule has 9 heteroatoms. The number of ether oxygens (including phenoxy) is 1. The molecule has 2 saturated heterocycles. The van der Waals surface area contributed by atoms with Crippen LogP contribution in [0.15, 0.2) is 18.2 Å². The number of hydrogen-bond acceptors (Lipinski definition) is 6. The lowest BCUT2D eigenvalue weighted by molar-refractivity contribution is -0.121. The molecule has 0 spiro atoms. The quantitative estimate of drug-likeness (QED) is 0.491. The maximum Gasteiger partial charge on any atom is 0.410 e. The summed E-state index contributed by atoms with van der Waals surface area (Å²) in [7, 11) is 0. The van der Waals surface area contributed by atoms with Gasteiger partial charge in [-0.1, -0.05) is 36.1 Å². The lowest BCUT2D eigenvalue weighted by Gasteiger charge is -2.36. The molecule has 1 atom stereocenters. The number of thioether (sulfide) groups is 1. The van der Waals surface area contributed by atoms with E-state index in [4.69, 9.17) is 17.0 Å². The number of imide groups is 1. The first-order valence-corrected chi connectivity index (χ1v) is 11.6. The Kier molecular flexibility index (Phi) is 6.95. The van der Waals surface area contributed by atoms with Crippen LogP contribution in [-0.2, 0) is 14.3 Å². The first-order chi connectivity index (χ1) is 14.5. The van der Waals surface area contributed by atoms with Gasteiger partial charge in [0, 0.05) is 32.6 Å². The van der Waals surface area contributed by atoms with Gasteiger partial charge < -0.3 is 14.5 Å². The van der Waals surface area contributed by atoms with E-state index in [1.54, 1.807) is 11.0 Å². The smallest absolute Gasteiger partial charge is 0.410 e. The highest BCUT2D eigenvalue weighted by atomic mass is 32.2. The van der Waals surface area contributed by atoms with Crippen molar-refractivity contribution >= 4 is 51.9 Å². The van der Waals surface area contributed by atoms with Gasteiger partial charge in [0.15, 0.2) is 0 Å². The van der Waals surface area contributed by atoms with Crippen LogP contribution >= 0.6 is 24.0 Å². The zero-order chi connectivity index (χ0) is 22.9. The van der Waals surface area contributed by atoms with E-state index in [-0.39, 0.29) is 24.3 Å². The summed E-state index contributed by atoms with van der Waals surface area (Å²) in [4.78, 5) is 42.8. The molecule has 0 aromatic heterocycles. The number of anilines is 1. The average Bonchev–Trinajstić information content (AvgIpc) is 2.96. The van der Waals surface area contributed by atoms with Crippen LogP contribution in [0.25, 0.3) is 0 Å². The monoisotopic (exact) mass is 463 g/mol. The van der Waals surface area contributed by atoms with Crippen LogP contribution in [0.3, 0.4) is 0 Å². The van der Waals surface area contributed by atoms with E-state index in [1.165, 1.54) is 16.7 Å². The van der Waals surface area contributed by atoms with Gasteiger partial charge in [0.05, 0.1) is 5.69 Å². The predicted octanol–water partition coefficient (Wildman–Crippen LogP) is 3.51. The third kappa shape index (κ3) is 5.38. The van der Waals surface area contributed by atoms with Crippen molar-refractivity contribution < 1.29 is 19.1 Å². The second-order valence-corrected chi connectivity index (χ2v) is 10.7. The van der Waals surface area contributed by atoms with Crippen molar-refractivity contribution in [3.8, 4) is 0 Å². The number of nitrogens with zero attached hydrogens (tertiary/aromatic N) is 3. The van der Waals surface area contributed by atoms with Crippen LogP contribution in [0.4, 0.5) is 10.5 Å². The molecule has 0 saturated carbocycles. The van der Waals surface area contributed by atoms with E-state index in [0.717, 1.165) is 11.1 Å². The lowest BCUT2D eigenvalue weighted by atomic mass is 10.1. The average molecular weight is 464 g/mol. The molecule has 1 aromatic carbocycles. The first-order valence-electron chi connectivity index (χ1n) is 10.3. The minimum absolute atomic E-state index is 0.134. The van der Waals surface area contributed by atoms with E-state index in [2.05, 4.69) is 0 Å². The van der Waals surface area contributed by atoms with Crippen LogP contribution in [0.1, 0.15) is 38.3 Å². The molecule has 1 aromatic rings. The molecule has 3 amide bonds. The van der Waals surface area contributed by atoms with Crippen molar-refractivity contribution in [3.63, 3.8) is 0 Å². The van der Waals surface area contributed by atoms with Gasteiger partial charge in [-0.25, -0.2) is 9.69 Å². The van der Waals surface area contributed by atoms with E-state index in [9.17, 15) is 14.4 Å². The number of hydrogen-bond donors (Lipinski definition) is 0. The van der Waals surface area contributed by atoms with Crippen LogP contribution < -0.4 is 4.90 Å². The molecule has 0 aliphatic carbocycles. The van der Waals surface area contributed by atoms with Crippen molar-refractivity contribution in [2.24, 2.45) is 0 Å². The zero-order valence-electron chi connectivity index (χ0n) is 18.6. The number of carbonyl (C=O) groups is 3. The van der Waals surface area contributed by atoms with Crippen molar-refractivity contribution in [1.29, 1.82) is 0 Å². The number of benzene rings is 1. The molecule has 3 rings (SSSR count). The van der Waals surface area contributed by atoms with E-state index < -0.39 is 10.9 Å². The number of piperazine rings is 1. The summed E-state index contributed by atoms with van der Waals surface area (Å²) in [6.07, 6.45) is -0.194. The molecule has 0 bridgehead atoms. The van der Waals surface area contributed by atoms with Gasteiger partial charge in [0.2, 0.25) is 11.8 Å². The Balaban J connectivity index is 1.58. The fraction of sp³-hybridized carbons (Fsp3) is 0.545. The summed E-state index contributed by atoms with van der Waals surface area (Å²) in [6, 6.07) is 5.62. The molecule has 2 aliphatic heterocycles. The second-order valence-electron chi connectivity index (χ2n) is 8.82. The molecule has 31 heavy (non-hydrogen) atoms. The lowest BCUT2D eigenvalue weighted by Crippen LogP contribution is -2.51. The van der Waals surface area contributed by atoms with Crippen molar-refractivity contribution in [2.45, 2.75) is 51.9 Å². The van der Waals surface area contributed by atoms with E-state index in [0.29, 0.717) is 36.2 Å². The molecule has 0 radical (unpaired) electrons. The Bertz CT molecular complexity index is 905. The number of aryl methyl sites for hydroxylation is 1. The molecule has 2 heterocycles. The van der Waals surface area contributed by atoms with Gasteiger partial charge in [-0.05, 0) is 51.8 Å². The summed E-state index contributed by atoms with van der Waals surface area (Å²) >= 11 is 6.83. The highest BCUT2D eigenvalue weighted by Crippen LogP contribution is 2.33. The second kappa shape index (κ2) is 9.16. The van der Waals surface area contributed by atoms with E-state index >= 15 is 0 Å². The van der Waals surface area contributed by atoms with Gasteiger partial charge in [0.1, 0.15) is 15.2 Å². The SMILES string of the molecule is Cc1cccc(N2C(=O)C[C@@H](SC(=S)N3CCN(C(=O)OC(C)(C)C)CC3)C2=O)c1C. The number of carbonyl (C=O) groups excluding carboxylic acids is 3. The van der Waals surface area contributed by atoms with Gasteiger partial charge in [-0.2, -0.15) is 0 Å². The molecule has 168 valence electrons. The fourth-order valence-electron chi connectivity index (χ4n) is 3.52. The summed E-state index contributed by atoms with van der Waals surface area (Å²) in [5.74, 6) is -0.424. The summed E-state index contributed by atoms with van der Waals surface area (Å²) < 4.78 is 6.00. The van der Waals surface area contributed by atoms with Gasteiger partial charge in [-0.3, -0.25) is 9.59 Å². The van der Waals surface area contributed by atoms with Gasteiger partial charge in [-0.15, -0.1) is 0 Å². The maximum atomic E-state index is 13.0. The Morgan fingerprint density at radius 3 is 2.32 bits per heavy atom. The summed E-state index contributed by atoms with van der Waals surface area (Å²) in [6.45, 7) is 11.5. The molecule has 2 aliphatic rings. The first kappa shape index (κ1) is 23.5. The largest absolute Gasteiger partial charge is 0.444 e. The summed E-state index contributed by atoms with van der Waals surface area (Å²) in [5, 5.41) is -0.524. The molecule has 0 N–H and O–H groups in total. The highest BCUT2D eigenvalue weighted by molar-refractivity contribution is 8.23. The topological polar surface area (TPSA) is 70.2 Å². The van der Waals surface area contributed by atoms with Crippen LogP contribution in [0.5, 0.6) is 0 Å². The summed E-state index contributed by atoms with van der Waals surface area (Å²) in [5.41, 5.74) is 2.08. The third-order valence-corrected chi connectivity index (χ3v) is 7.01. The van der Waals surface area contributed by atoms with Gasteiger partial charge in [0.25, 0.3) is 0 Å². The number of thiocarbonyl (C=S) groups is 1. The Morgan fingerprint density at radius 2 is 1.71 bits per heavy atom. The molecular weight excluding hydrogens is 434 g/mol. The molecular formula is C22H29N3O4S2. The maximum absolute atomic E-state index is 13.0. The number of rotatable bonds is 2. The Hall–Kier alpha value is -2.13. The van der Waals surface area contributed by atoms with Crippen LogP contribution in [0, 0.1) is 13.8 Å². The standard InChI is InChI=1S/C22H29N3O4S2/c1-14-7-6-8-16(15(14)2)25-18(26)13-17(19(25)27)31-21(30)24-11-9-23(10-12-24)20(28)29-22(3,4)5/h6-8,17H,9-13H2,1-5H3/t17-/m1/s1. The Morgan fingerprint density at radius 1 is 1.10 bits per heavy atom. The minimum atomic E-state index is -0.531. The van der Waals surface area contributed by atoms with Gasteiger partial charge >= 0.3 is 6.09 Å². The fourth-order valence-corrected chi connectivity index (χ4v) is 5.06. The van der Waals surface area contributed by atoms with Crippen molar-refractivity contribution in [3.05, 3.63) is 29.3 Å². The van der Waals surface area contributed by atoms with E-state index in [1.807, 2.05) is 51.7 Å². The third-order valence-electron chi connectivity index (χ3n) is 5.35. The predicted molar refractivity (Wildman–Crippen MR) is 126 cm³/mol. The van der Waals surface area contributed by atoms with Crippen LogP contribution in [-0.4, -0.2) is 69.1 Å². The number of amides is 3. The van der Waals surface area contributed by atoms with Crippen LogP contribution in [0.2, 0.25) is 0 Å². The van der Waals surface area contributed by atoms with Crippen molar-refractivity contribution in [1.82, 2.24) is 9.80 Å². The normalized spacial score (nSPS) is 19.8. The molecule has 0 unspecified atom stereocenters. The molecule has 2 fully saturated rings. The minimum Gasteiger partial charge on any atom is -0.444 e. The highest BCUT2D eigenvalue weighted by Gasteiger charge is 2.42. The Labute approximate surface area is 193 Å². The van der Waals surface area contributed by atoms with Crippen molar-refractivity contribution in [2.75, 3.05) is 31.1 Å². The molecule has 7 nitrogen and oxygen atoms in total.